The Morgan fingerprint density at radius 3 is 2.32 bits per heavy atom. The highest BCUT2D eigenvalue weighted by Gasteiger charge is 2.37. The van der Waals surface area contributed by atoms with Crippen LogP contribution >= 0.6 is 23.2 Å². The lowest BCUT2D eigenvalue weighted by atomic mass is 9.98. The summed E-state index contributed by atoms with van der Waals surface area (Å²) in [6, 6.07) is 23.1. The van der Waals surface area contributed by atoms with Gasteiger partial charge in [0.1, 0.15) is 0 Å². The first-order valence-electron chi connectivity index (χ1n) is 8.04. The standard InChI is InChI=1S/C21H15Cl2NO/c22-18-11-10-15(12-19(18)23)20-16-8-4-5-9-17(16)21(25)24(20)13-14-6-2-1-3-7-14/h1-12,20H,13H2. The minimum Gasteiger partial charge on any atom is -0.323 e. The number of halogens is 2. The molecule has 0 bridgehead atoms. The van der Waals surface area contributed by atoms with Gasteiger partial charge in [-0.15, -0.1) is 0 Å². The first kappa shape index (κ1) is 16.2. The minimum absolute atomic E-state index is 0.0375. The average molecular weight is 368 g/mol. The van der Waals surface area contributed by atoms with Crippen LogP contribution in [0.2, 0.25) is 10.0 Å². The highest BCUT2D eigenvalue weighted by Crippen LogP contribution is 2.40. The van der Waals surface area contributed by atoms with Crippen LogP contribution in [-0.4, -0.2) is 10.8 Å². The number of rotatable bonds is 3. The summed E-state index contributed by atoms with van der Waals surface area (Å²) in [5, 5.41) is 1.01. The van der Waals surface area contributed by atoms with E-state index in [4.69, 9.17) is 23.2 Å². The SMILES string of the molecule is O=C1c2ccccc2C(c2ccc(Cl)c(Cl)c2)N1Cc1ccccc1. The van der Waals surface area contributed by atoms with Crippen LogP contribution in [0.15, 0.2) is 72.8 Å². The predicted octanol–water partition coefficient (Wildman–Crippen LogP) is 5.74. The van der Waals surface area contributed by atoms with E-state index in [0.717, 1.165) is 22.3 Å². The van der Waals surface area contributed by atoms with Gasteiger partial charge >= 0.3 is 0 Å². The summed E-state index contributed by atoms with van der Waals surface area (Å²) < 4.78 is 0. The molecule has 1 unspecified atom stereocenters. The normalized spacial score (nSPS) is 16.2. The summed E-state index contributed by atoms with van der Waals surface area (Å²) in [7, 11) is 0. The Kier molecular flexibility index (Phi) is 4.24. The van der Waals surface area contributed by atoms with Gasteiger partial charge in [-0.25, -0.2) is 0 Å². The molecule has 0 fully saturated rings. The van der Waals surface area contributed by atoms with Gasteiger partial charge in [0, 0.05) is 12.1 Å². The number of amides is 1. The van der Waals surface area contributed by atoms with E-state index in [1.54, 1.807) is 6.07 Å². The van der Waals surface area contributed by atoms with Gasteiger partial charge in [-0.3, -0.25) is 4.79 Å². The van der Waals surface area contributed by atoms with E-state index in [1.807, 2.05) is 71.6 Å². The van der Waals surface area contributed by atoms with Crippen molar-refractivity contribution in [2.45, 2.75) is 12.6 Å². The summed E-state index contributed by atoms with van der Waals surface area (Å²) >= 11 is 12.3. The van der Waals surface area contributed by atoms with Gasteiger partial charge in [-0.2, -0.15) is 0 Å². The lowest BCUT2D eigenvalue weighted by Gasteiger charge is -2.26. The van der Waals surface area contributed by atoms with Crippen LogP contribution in [0.25, 0.3) is 0 Å². The Hall–Kier alpha value is -2.29. The third kappa shape index (κ3) is 2.92. The smallest absolute Gasteiger partial charge is 0.255 e. The third-order valence-corrected chi connectivity index (χ3v) is 5.25. The maximum Gasteiger partial charge on any atom is 0.255 e. The quantitative estimate of drug-likeness (QED) is 0.577. The topological polar surface area (TPSA) is 20.3 Å². The summed E-state index contributed by atoms with van der Waals surface area (Å²) in [4.78, 5) is 14.9. The molecule has 2 nitrogen and oxygen atoms in total. The fourth-order valence-corrected chi connectivity index (χ4v) is 3.66. The average Bonchev–Trinajstić information content (AvgIpc) is 2.91. The molecule has 1 aliphatic rings. The molecule has 0 saturated heterocycles. The van der Waals surface area contributed by atoms with Crippen molar-refractivity contribution >= 4 is 29.1 Å². The molecule has 0 aliphatic carbocycles. The number of nitrogens with zero attached hydrogens (tertiary/aromatic N) is 1. The van der Waals surface area contributed by atoms with Crippen molar-refractivity contribution in [2.24, 2.45) is 0 Å². The highest BCUT2D eigenvalue weighted by atomic mass is 35.5. The fraction of sp³-hybridized carbons (Fsp3) is 0.0952. The first-order valence-corrected chi connectivity index (χ1v) is 8.79. The lowest BCUT2D eigenvalue weighted by molar-refractivity contribution is 0.0736. The van der Waals surface area contributed by atoms with Crippen LogP contribution in [0, 0.1) is 0 Å². The van der Waals surface area contributed by atoms with Crippen LogP contribution in [0.4, 0.5) is 0 Å². The van der Waals surface area contributed by atoms with Crippen molar-refractivity contribution in [1.29, 1.82) is 0 Å². The molecule has 4 rings (SSSR count). The molecule has 0 aromatic heterocycles. The zero-order chi connectivity index (χ0) is 17.4. The molecular weight excluding hydrogens is 353 g/mol. The summed E-state index contributed by atoms with van der Waals surface area (Å²) in [5.41, 5.74) is 3.80. The molecule has 25 heavy (non-hydrogen) atoms. The van der Waals surface area contributed by atoms with Crippen molar-refractivity contribution in [3.05, 3.63) is 105 Å². The van der Waals surface area contributed by atoms with Gasteiger partial charge in [-0.05, 0) is 34.9 Å². The van der Waals surface area contributed by atoms with Crippen molar-refractivity contribution in [3.63, 3.8) is 0 Å². The Labute approximate surface area is 156 Å². The van der Waals surface area contributed by atoms with Crippen molar-refractivity contribution in [3.8, 4) is 0 Å². The van der Waals surface area contributed by atoms with Gasteiger partial charge in [0.05, 0.1) is 16.1 Å². The second kappa shape index (κ2) is 6.55. The second-order valence-corrected chi connectivity index (χ2v) is 6.90. The number of fused-ring (bicyclic) bond motifs is 1. The molecular formula is C21H15Cl2NO. The molecule has 0 saturated carbocycles. The monoisotopic (exact) mass is 367 g/mol. The molecule has 124 valence electrons. The molecule has 1 atom stereocenters. The van der Waals surface area contributed by atoms with E-state index in [-0.39, 0.29) is 11.9 Å². The maximum absolute atomic E-state index is 13.0. The van der Waals surface area contributed by atoms with E-state index >= 15 is 0 Å². The maximum atomic E-state index is 13.0. The van der Waals surface area contributed by atoms with Gasteiger partial charge in [0.25, 0.3) is 5.91 Å². The van der Waals surface area contributed by atoms with E-state index in [2.05, 4.69) is 0 Å². The largest absolute Gasteiger partial charge is 0.323 e. The number of carbonyl (C=O) groups excluding carboxylic acids is 1. The van der Waals surface area contributed by atoms with E-state index in [9.17, 15) is 4.79 Å². The zero-order valence-corrected chi connectivity index (χ0v) is 14.8. The van der Waals surface area contributed by atoms with E-state index < -0.39 is 0 Å². The predicted molar refractivity (Wildman–Crippen MR) is 101 cm³/mol. The number of hydrogen-bond donors (Lipinski definition) is 0. The molecule has 1 amide bonds. The second-order valence-electron chi connectivity index (χ2n) is 6.08. The molecule has 0 N–H and O–H groups in total. The summed E-state index contributed by atoms with van der Waals surface area (Å²) in [6.45, 7) is 0.541. The Morgan fingerprint density at radius 2 is 1.56 bits per heavy atom. The Morgan fingerprint density at radius 1 is 0.840 bits per heavy atom. The van der Waals surface area contributed by atoms with Crippen molar-refractivity contribution in [1.82, 2.24) is 4.90 Å². The summed E-state index contributed by atoms with van der Waals surface area (Å²) in [5.74, 6) is 0.0375. The number of carbonyl (C=O) groups is 1. The van der Waals surface area contributed by atoms with Gasteiger partial charge in [-0.1, -0.05) is 77.8 Å². The fourth-order valence-electron chi connectivity index (χ4n) is 3.36. The van der Waals surface area contributed by atoms with Crippen molar-refractivity contribution < 1.29 is 4.79 Å². The third-order valence-electron chi connectivity index (χ3n) is 4.51. The van der Waals surface area contributed by atoms with Gasteiger partial charge < -0.3 is 4.90 Å². The molecule has 0 spiro atoms. The van der Waals surface area contributed by atoms with Crippen LogP contribution in [0.5, 0.6) is 0 Å². The molecule has 1 aliphatic heterocycles. The minimum atomic E-state index is -0.168. The van der Waals surface area contributed by atoms with Crippen molar-refractivity contribution in [2.75, 3.05) is 0 Å². The molecule has 1 heterocycles. The molecule has 3 aromatic rings. The van der Waals surface area contributed by atoms with Crippen LogP contribution < -0.4 is 0 Å². The van der Waals surface area contributed by atoms with Gasteiger partial charge in [0.15, 0.2) is 0 Å². The molecule has 0 radical (unpaired) electrons. The van der Waals surface area contributed by atoms with Gasteiger partial charge in [0.2, 0.25) is 0 Å². The van der Waals surface area contributed by atoms with E-state index in [1.165, 1.54) is 0 Å². The lowest BCUT2D eigenvalue weighted by Crippen LogP contribution is -2.28. The highest BCUT2D eigenvalue weighted by molar-refractivity contribution is 6.42. The van der Waals surface area contributed by atoms with Crippen LogP contribution in [0.1, 0.15) is 33.1 Å². The summed E-state index contributed by atoms with van der Waals surface area (Å²) in [6.07, 6.45) is 0. The van der Waals surface area contributed by atoms with Crippen LogP contribution in [0.3, 0.4) is 0 Å². The Bertz CT molecular complexity index is 940. The first-order chi connectivity index (χ1) is 12.1. The molecule has 4 heteroatoms. The zero-order valence-electron chi connectivity index (χ0n) is 13.3. The molecule has 3 aromatic carbocycles. The number of hydrogen-bond acceptors (Lipinski definition) is 1. The van der Waals surface area contributed by atoms with E-state index in [0.29, 0.717) is 16.6 Å². The van der Waals surface area contributed by atoms with Crippen LogP contribution in [-0.2, 0) is 6.54 Å². The Balaban J connectivity index is 1.81. The number of benzene rings is 3.